The summed E-state index contributed by atoms with van der Waals surface area (Å²) in [5.41, 5.74) is 2.38. The lowest BCUT2D eigenvalue weighted by Gasteiger charge is -2.49. The molecule has 1 aliphatic rings. The molecule has 1 aliphatic heterocycles. The van der Waals surface area contributed by atoms with Crippen LogP contribution in [0, 0.1) is 10.8 Å². The molecule has 31 heavy (non-hydrogen) atoms. The maximum atomic E-state index is 10.9. The van der Waals surface area contributed by atoms with Crippen LogP contribution < -0.4 is 0 Å². The number of unbranched alkanes of at least 4 members (excludes halogenated alkanes) is 1. The van der Waals surface area contributed by atoms with E-state index in [1.807, 2.05) is 7.05 Å². The van der Waals surface area contributed by atoms with E-state index in [0.29, 0.717) is 11.5 Å². The van der Waals surface area contributed by atoms with Gasteiger partial charge in [0.2, 0.25) is 5.91 Å². The summed E-state index contributed by atoms with van der Waals surface area (Å²) in [7, 11) is 4.14. The number of hydrogen-bond donors (Lipinski definition) is 0. The van der Waals surface area contributed by atoms with Crippen LogP contribution in [-0.2, 0) is 10.2 Å². The number of amides is 1. The molecule has 178 valence electrons. The first-order chi connectivity index (χ1) is 14.2. The van der Waals surface area contributed by atoms with Crippen molar-refractivity contribution in [2.24, 2.45) is 10.8 Å². The van der Waals surface area contributed by atoms with Gasteiger partial charge < -0.3 is 9.80 Å². The highest BCUT2D eigenvalue weighted by molar-refractivity contribution is 5.72. The molecule has 3 heteroatoms. The fourth-order valence-electron chi connectivity index (χ4n) is 4.71. The highest BCUT2D eigenvalue weighted by atomic mass is 16.2. The van der Waals surface area contributed by atoms with Crippen LogP contribution in [0.25, 0.3) is 0 Å². The average Bonchev–Trinajstić information content (AvgIpc) is 3.10. The van der Waals surface area contributed by atoms with Crippen molar-refractivity contribution < 1.29 is 4.79 Å². The van der Waals surface area contributed by atoms with Gasteiger partial charge in [0.25, 0.3) is 0 Å². The number of rotatable bonds is 6. The Bertz CT molecular complexity index is 656. The summed E-state index contributed by atoms with van der Waals surface area (Å²) in [6, 6.07) is 11.7. The minimum absolute atomic E-state index is 0.163. The fraction of sp³-hybridized carbons (Fsp3) is 0.750. The van der Waals surface area contributed by atoms with E-state index in [9.17, 15) is 4.79 Å². The number of likely N-dealkylation sites (N-methyl/N-ethyl adjacent to an activating group) is 1. The normalized spacial score (nSPS) is 19.4. The molecule has 2 atom stereocenters. The summed E-state index contributed by atoms with van der Waals surface area (Å²) >= 11 is 0. The van der Waals surface area contributed by atoms with Crippen LogP contribution in [0.5, 0.6) is 0 Å². The Balaban J connectivity index is 0.000000330. The Hall–Kier alpha value is -1.35. The third-order valence-corrected chi connectivity index (χ3v) is 7.33. The molecule has 0 radical (unpaired) electrons. The molecule has 1 amide bonds. The molecule has 0 bridgehead atoms. The van der Waals surface area contributed by atoms with Crippen molar-refractivity contribution in [1.29, 1.82) is 0 Å². The van der Waals surface area contributed by atoms with Crippen LogP contribution in [-0.4, -0.2) is 48.9 Å². The first kappa shape index (κ1) is 27.7. The molecule has 0 N–H and O–H groups in total. The second-order valence-electron chi connectivity index (χ2n) is 11.9. The third-order valence-electron chi connectivity index (χ3n) is 7.33. The SMILES string of the molecule is CC(=O)N(C)CCCCC(C)(C)C.CN1CCC[C@H]1[C@@](C)(c1ccccc1)C(C)(C)C. The van der Waals surface area contributed by atoms with Crippen LogP contribution in [0.3, 0.4) is 0 Å². The third kappa shape index (κ3) is 8.25. The second kappa shape index (κ2) is 11.5. The monoisotopic (exact) mass is 430 g/mol. The van der Waals surface area contributed by atoms with Gasteiger partial charge >= 0.3 is 0 Å². The van der Waals surface area contributed by atoms with Gasteiger partial charge in [0.15, 0.2) is 0 Å². The molecule has 1 saturated heterocycles. The molecule has 1 aromatic rings. The summed E-state index contributed by atoms with van der Waals surface area (Å²) < 4.78 is 0. The van der Waals surface area contributed by atoms with Crippen molar-refractivity contribution in [2.75, 3.05) is 27.2 Å². The molecule has 1 aromatic carbocycles. The van der Waals surface area contributed by atoms with Gasteiger partial charge in [0.05, 0.1) is 0 Å². The average molecular weight is 431 g/mol. The zero-order valence-corrected chi connectivity index (χ0v) is 22.2. The molecule has 1 fully saturated rings. The molecular weight excluding hydrogens is 380 g/mol. The van der Waals surface area contributed by atoms with E-state index < -0.39 is 0 Å². The maximum absolute atomic E-state index is 10.9. The van der Waals surface area contributed by atoms with Crippen molar-refractivity contribution in [2.45, 2.75) is 99.0 Å². The summed E-state index contributed by atoms with van der Waals surface area (Å²) in [5.74, 6) is 0.163. The maximum Gasteiger partial charge on any atom is 0.219 e. The Morgan fingerprint density at radius 3 is 2.03 bits per heavy atom. The van der Waals surface area contributed by atoms with Crippen LogP contribution in [0.2, 0.25) is 0 Å². The standard InChI is InChI=1S/C17H27N.C11H23NO/c1-16(2,3)17(4,14-10-7-6-8-11-14)15-12-9-13-18(15)5;1-10(13)12(5)9-7-6-8-11(2,3)4/h6-8,10-11,15H,9,12-13H2,1-5H3;6-9H2,1-5H3/t15-,17+;/m0./s1. The van der Waals surface area contributed by atoms with Crippen LogP contribution >= 0.6 is 0 Å². The number of carbonyl (C=O) groups excluding carboxylic acids is 1. The topological polar surface area (TPSA) is 23.6 Å². The van der Waals surface area contributed by atoms with E-state index in [-0.39, 0.29) is 16.7 Å². The number of nitrogens with zero attached hydrogens (tertiary/aromatic N) is 2. The largest absolute Gasteiger partial charge is 0.346 e. The van der Waals surface area contributed by atoms with E-state index in [0.717, 1.165) is 13.0 Å². The lowest BCUT2D eigenvalue weighted by atomic mass is 9.59. The Labute approximate surface area is 193 Å². The first-order valence-electron chi connectivity index (χ1n) is 12.2. The second-order valence-corrected chi connectivity index (χ2v) is 11.9. The number of benzene rings is 1. The molecule has 3 nitrogen and oxygen atoms in total. The summed E-state index contributed by atoms with van der Waals surface area (Å²) in [5, 5.41) is 0. The van der Waals surface area contributed by atoms with E-state index in [1.165, 1.54) is 37.8 Å². The van der Waals surface area contributed by atoms with E-state index in [4.69, 9.17) is 0 Å². The van der Waals surface area contributed by atoms with Crippen molar-refractivity contribution in [3.05, 3.63) is 35.9 Å². The summed E-state index contributed by atoms with van der Waals surface area (Å²) in [6.07, 6.45) is 6.21. The number of likely N-dealkylation sites (tertiary alicyclic amines) is 1. The Morgan fingerprint density at radius 2 is 1.61 bits per heavy atom. The van der Waals surface area contributed by atoms with Crippen molar-refractivity contribution in [3.8, 4) is 0 Å². The highest BCUT2D eigenvalue weighted by Gasteiger charge is 2.48. The molecule has 0 saturated carbocycles. The molecule has 1 heterocycles. The molecule has 0 aromatic heterocycles. The Kier molecular flexibility index (Phi) is 10.3. The van der Waals surface area contributed by atoms with Gasteiger partial charge in [-0.1, -0.05) is 85.2 Å². The van der Waals surface area contributed by atoms with Crippen molar-refractivity contribution >= 4 is 5.91 Å². The van der Waals surface area contributed by atoms with E-state index in [1.54, 1.807) is 11.8 Å². The van der Waals surface area contributed by atoms with E-state index >= 15 is 0 Å². The van der Waals surface area contributed by atoms with Gasteiger partial charge in [-0.25, -0.2) is 0 Å². The molecule has 0 unspecified atom stereocenters. The zero-order valence-electron chi connectivity index (χ0n) is 22.2. The molecule has 2 rings (SSSR count). The van der Waals surface area contributed by atoms with Gasteiger partial charge in [-0.15, -0.1) is 0 Å². The Morgan fingerprint density at radius 1 is 1.03 bits per heavy atom. The summed E-state index contributed by atoms with van der Waals surface area (Å²) in [4.78, 5) is 15.2. The number of hydrogen-bond acceptors (Lipinski definition) is 2. The molecular formula is C28H50N2O. The smallest absolute Gasteiger partial charge is 0.219 e. The highest BCUT2D eigenvalue weighted by Crippen LogP contribution is 2.48. The van der Waals surface area contributed by atoms with Gasteiger partial charge in [0, 0.05) is 32.0 Å². The quantitative estimate of drug-likeness (QED) is 0.465. The van der Waals surface area contributed by atoms with Gasteiger partial charge in [-0.2, -0.15) is 0 Å². The molecule has 0 spiro atoms. The first-order valence-corrected chi connectivity index (χ1v) is 12.2. The number of carbonyl (C=O) groups is 1. The van der Waals surface area contributed by atoms with Crippen LogP contribution in [0.1, 0.15) is 93.1 Å². The predicted octanol–water partition coefficient (Wildman–Crippen LogP) is 6.77. The van der Waals surface area contributed by atoms with Gasteiger partial charge in [-0.3, -0.25) is 4.79 Å². The molecule has 0 aliphatic carbocycles. The minimum Gasteiger partial charge on any atom is -0.346 e. The van der Waals surface area contributed by atoms with Gasteiger partial charge in [-0.05, 0) is 55.7 Å². The predicted molar refractivity (Wildman–Crippen MR) is 136 cm³/mol. The van der Waals surface area contributed by atoms with Crippen molar-refractivity contribution in [1.82, 2.24) is 9.80 Å². The minimum atomic E-state index is 0.163. The lowest BCUT2D eigenvalue weighted by molar-refractivity contribution is -0.127. The lowest BCUT2D eigenvalue weighted by Crippen LogP contribution is -2.51. The van der Waals surface area contributed by atoms with Crippen LogP contribution in [0.15, 0.2) is 30.3 Å². The van der Waals surface area contributed by atoms with E-state index in [2.05, 4.69) is 90.7 Å². The van der Waals surface area contributed by atoms with Crippen molar-refractivity contribution in [3.63, 3.8) is 0 Å². The summed E-state index contributed by atoms with van der Waals surface area (Å²) in [6.45, 7) is 20.1. The zero-order chi connectivity index (χ0) is 23.9. The fourth-order valence-corrected chi connectivity index (χ4v) is 4.71. The van der Waals surface area contributed by atoms with Gasteiger partial charge in [0.1, 0.15) is 0 Å². The van der Waals surface area contributed by atoms with Crippen LogP contribution in [0.4, 0.5) is 0 Å².